The minimum atomic E-state index is 0.107. The molecule has 21 heavy (non-hydrogen) atoms. The fourth-order valence-electron chi connectivity index (χ4n) is 2.83. The number of nitrogens with one attached hydrogen (secondary N) is 1. The Morgan fingerprint density at radius 3 is 2.81 bits per heavy atom. The molecule has 1 aromatic carbocycles. The molecule has 0 saturated heterocycles. The van der Waals surface area contributed by atoms with E-state index in [0.29, 0.717) is 0 Å². The number of rotatable bonds is 4. The van der Waals surface area contributed by atoms with Crippen molar-refractivity contribution in [2.45, 2.75) is 19.4 Å². The summed E-state index contributed by atoms with van der Waals surface area (Å²) in [6, 6.07) is 12.7. The van der Waals surface area contributed by atoms with Gasteiger partial charge in [0.15, 0.2) is 0 Å². The number of aromatic nitrogens is 3. The Hall–Kier alpha value is -2.20. The Morgan fingerprint density at radius 1 is 1.24 bits per heavy atom. The summed E-state index contributed by atoms with van der Waals surface area (Å²) in [6.45, 7) is 2.13. The van der Waals surface area contributed by atoms with Crippen molar-refractivity contribution in [2.24, 2.45) is 7.05 Å². The molecule has 2 aromatic heterocycles. The first kappa shape index (κ1) is 13.8. The summed E-state index contributed by atoms with van der Waals surface area (Å²) in [5, 5.41) is 9.16. The molecule has 1 unspecified atom stereocenters. The molecule has 0 spiro atoms. The number of hydrogen-bond acceptors (Lipinski definition) is 3. The molecular weight excluding hydrogens is 260 g/mol. The zero-order valence-corrected chi connectivity index (χ0v) is 12.7. The van der Waals surface area contributed by atoms with Crippen LogP contribution in [-0.2, 0) is 13.5 Å². The van der Waals surface area contributed by atoms with E-state index in [9.17, 15) is 0 Å². The first-order valence-electron chi connectivity index (χ1n) is 7.28. The smallest absolute Gasteiger partial charge is 0.0752 e. The number of pyridine rings is 1. The Bertz CT molecular complexity index is 755. The highest BCUT2D eigenvalue weighted by molar-refractivity contribution is 5.82. The monoisotopic (exact) mass is 280 g/mol. The summed E-state index contributed by atoms with van der Waals surface area (Å²) in [7, 11) is 3.99. The van der Waals surface area contributed by atoms with E-state index in [2.05, 4.69) is 46.6 Å². The lowest BCUT2D eigenvalue weighted by atomic mass is 9.98. The molecule has 4 nitrogen and oxygen atoms in total. The van der Waals surface area contributed by atoms with Gasteiger partial charge in [0.25, 0.3) is 0 Å². The highest BCUT2D eigenvalue weighted by Gasteiger charge is 2.19. The molecule has 1 N–H and O–H groups in total. The van der Waals surface area contributed by atoms with Crippen LogP contribution in [0.4, 0.5) is 0 Å². The summed E-state index contributed by atoms with van der Waals surface area (Å²) in [6.07, 6.45) is 2.78. The fraction of sp³-hybridized carbons (Fsp3) is 0.294. The third-order valence-electron chi connectivity index (χ3n) is 3.90. The summed E-state index contributed by atoms with van der Waals surface area (Å²) >= 11 is 0. The van der Waals surface area contributed by atoms with Gasteiger partial charge in [-0.05, 0) is 37.2 Å². The molecule has 0 amide bonds. The Morgan fingerprint density at radius 2 is 2.10 bits per heavy atom. The van der Waals surface area contributed by atoms with Crippen molar-refractivity contribution in [3.63, 3.8) is 0 Å². The quantitative estimate of drug-likeness (QED) is 0.799. The average Bonchev–Trinajstić information content (AvgIpc) is 2.89. The van der Waals surface area contributed by atoms with Gasteiger partial charge in [-0.1, -0.05) is 25.1 Å². The summed E-state index contributed by atoms with van der Waals surface area (Å²) in [5.41, 5.74) is 4.54. The lowest BCUT2D eigenvalue weighted by Gasteiger charge is -2.18. The zero-order valence-electron chi connectivity index (χ0n) is 12.7. The van der Waals surface area contributed by atoms with Crippen LogP contribution in [0.3, 0.4) is 0 Å². The van der Waals surface area contributed by atoms with Crippen molar-refractivity contribution in [1.82, 2.24) is 20.1 Å². The van der Waals surface area contributed by atoms with Crippen molar-refractivity contribution >= 4 is 10.9 Å². The van der Waals surface area contributed by atoms with Crippen molar-refractivity contribution in [3.8, 4) is 0 Å². The van der Waals surface area contributed by atoms with E-state index in [-0.39, 0.29) is 6.04 Å². The molecule has 0 aliphatic heterocycles. The van der Waals surface area contributed by atoms with Gasteiger partial charge in [-0.3, -0.25) is 9.67 Å². The van der Waals surface area contributed by atoms with Crippen LogP contribution in [0.2, 0.25) is 0 Å². The third-order valence-corrected chi connectivity index (χ3v) is 3.90. The largest absolute Gasteiger partial charge is 0.308 e. The van der Waals surface area contributed by atoms with E-state index >= 15 is 0 Å². The maximum absolute atomic E-state index is 4.56. The molecule has 108 valence electrons. The third kappa shape index (κ3) is 2.43. The number of aryl methyl sites for hydroxylation is 2. The standard InChI is InChI=1S/C17H20N4/c1-4-12-11-16(21(3)20-12)17(18-2)14-7-5-9-15-13(14)8-6-10-19-15/h5-11,17-18H,4H2,1-3H3. The second-order valence-corrected chi connectivity index (χ2v) is 5.18. The lowest BCUT2D eigenvalue weighted by molar-refractivity contribution is 0.606. The van der Waals surface area contributed by atoms with Gasteiger partial charge < -0.3 is 5.32 Å². The van der Waals surface area contributed by atoms with Gasteiger partial charge in [-0.25, -0.2) is 0 Å². The number of nitrogens with zero attached hydrogens (tertiary/aromatic N) is 3. The first-order valence-corrected chi connectivity index (χ1v) is 7.28. The second-order valence-electron chi connectivity index (χ2n) is 5.18. The van der Waals surface area contributed by atoms with Crippen LogP contribution < -0.4 is 5.32 Å². The number of fused-ring (bicyclic) bond motifs is 1. The Labute approximate surface area is 124 Å². The normalized spacial score (nSPS) is 12.7. The van der Waals surface area contributed by atoms with Gasteiger partial charge in [0.05, 0.1) is 22.9 Å². The van der Waals surface area contributed by atoms with E-state index in [1.807, 2.05) is 37.1 Å². The van der Waals surface area contributed by atoms with Crippen molar-refractivity contribution in [3.05, 3.63) is 59.5 Å². The first-order chi connectivity index (χ1) is 10.2. The molecule has 0 bridgehead atoms. The van der Waals surface area contributed by atoms with Crippen LogP contribution in [0.5, 0.6) is 0 Å². The summed E-state index contributed by atoms with van der Waals surface area (Å²) in [4.78, 5) is 4.45. The van der Waals surface area contributed by atoms with Crippen molar-refractivity contribution in [1.29, 1.82) is 0 Å². The van der Waals surface area contributed by atoms with Crippen LogP contribution in [-0.4, -0.2) is 21.8 Å². The van der Waals surface area contributed by atoms with Crippen LogP contribution in [0.15, 0.2) is 42.6 Å². The molecule has 1 atom stereocenters. The maximum Gasteiger partial charge on any atom is 0.0752 e. The zero-order chi connectivity index (χ0) is 14.8. The molecule has 4 heteroatoms. The minimum absolute atomic E-state index is 0.107. The topological polar surface area (TPSA) is 42.7 Å². The van der Waals surface area contributed by atoms with Gasteiger partial charge in [-0.15, -0.1) is 0 Å². The van der Waals surface area contributed by atoms with Crippen LogP contribution in [0.1, 0.15) is 29.9 Å². The predicted molar refractivity (Wildman–Crippen MR) is 85.2 cm³/mol. The van der Waals surface area contributed by atoms with Gasteiger partial charge in [0, 0.05) is 18.6 Å². The van der Waals surface area contributed by atoms with E-state index in [1.54, 1.807) is 0 Å². The van der Waals surface area contributed by atoms with Gasteiger partial charge in [-0.2, -0.15) is 5.10 Å². The highest BCUT2D eigenvalue weighted by Crippen LogP contribution is 2.28. The molecule has 3 aromatic rings. The Kier molecular flexibility index (Phi) is 3.71. The van der Waals surface area contributed by atoms with Crippen LogP contribution in [0, 0.1) is 0 Å². The predicted octanol–water partition coefficient (Wildman–Crippen LogP) is 2.84. The molecule has 3 rings (SSSR count). The van der Waals surface area contributed by atoms with Gasteiger partial charge in [0.1, 0.15) is 0 Å². The minimum Gasteiger partial charge on any atom is -0.308 e. The van der Waals surface area contributed by atoms with Crippen molar-refractivity contribution in [2.75, 3.05) is 7.05 Å². The van der Waals surface area contributed by atoms with E-state index in [0.717, 1.165) is 17.6 Å². The molecule has 0 aliphatic rings. The molecular formula is C17H20N4. The number of benzene rings is 1. The molecule has 0 saturated carbocycles. The summed E-state index contributed by atoms with van der Waals surface area (Å²) in [5.74, 6) is 0. The Balaban J connectivity index is 2.16. The van der Waals surface area contributed by atoms with Crippen molar-refractivity contribution < 1.29 is 0 Å². The SMILES string of the molecule is CCc1cc(C(NC)c2cccc3ncccc23)n(C)n1. The average molecular weight is 280 g/mol. The fourth-order valence-corrected chi connectivity index (χ4v) is 2.83. The van der Waals surface area contributed by atoms with Crippen LogP contribution >= 0.6 is 0 Å². The molecule has 0 aliphatic carbocycles. The summed E-state index contributed by atoms with van der Waals surface area (Å²) < 4.78 is 1.97. The van der Waals surface area contributed by atoms with E-state index in [4.69, 9.17) is 0 Å². The highest BCUT2D eigenvalue weighted by atomic mass is 15.3. The number of hydrogen-bond donors (Lipinski definition) is 1. The van der Waals surface area contributed by atoms with E-state index in [1.165, 1.54) is 16.6 Å². The van der Waals surface area contributed by atoms with Gasteiger partial charge in [0.2, 0.25) is 0 Å². The molecule has 0 fully saturated rings. The second kappa shape index (κ2) is 5.66. The van der Waals surface area contributed by atoms with E-state index < -0.39 is 0 Å². The van der Waals surface area contributed by atoms with Crippen LogP contribution in [0.25, 0.3) is 10.9 Å². The van der Waals surface area contributed by atoms with Gasteiger partial charge >= 0.3 is 0 Å². The molecule has 0 radical (unpaired) electrons. The molecule has 2 heterocycles. The lowest BCUT2D eigenvalue weighted by Crippen LogP contribution is -2.20. The maximum atomic E-state index is 4.56.